The van der Waals surface area contributed by atoms with Gasteiger partial charge in [0.15, 0.2) is 0 Å². The molecule has 0 radical (unpaired) electrons. The molecule has 9 heteroatoms. The van der Waals surface area contributed by atoms with Crippen LogP contribution in [0.5, 0.6) is 0 Å². The maximum Gasteiger partial charge on any atom is 0.238 e. The van der Waals surface area contributed by atoms with Crippen molar-refractivity contribution in [1.82, 2.24) is 9.21 Å². The van der Waals surface area contributed by atoms with Crippen LogP contribution in [0, 0.1) is 5.82 Å². The van der Waals surface area contributed by atoms with Gasteiger partial charge in [-0.05, 0) is 24.3 Å². The zero-order valence-corrected chi connectivity index (χ0v) is 17.7. The first-order valence-corrected chi connectivity index (χ1v) is 11.4. The van der Waals surface area contributed by atoms with Crippen molar-refractivity contribution in [3.63, 3.8) is 0 Å². The minimum Gasteiger partial charge on any atom is -0.368 e. The number of hydrogen-bond donors (Lipinski definition) is 0. The van der Waals surface area contributed by atoms with E-state index < -0.39 is 15.8 Å². The van der Waals surface area contributed by atoms with E-state index in [0.29, 0.717) is 31.2 Å². The fraction of sp³-hybridized carbons (Fsp3) is 0.350. The monoisotopic (exact) mass is 439 g/mol. The first-order chi connectivity index (χ1) is 13.7. The van der Waals surface area contributed by atoms with Crippen molar-refractivity contribution in [3.8, 4) is 0 Å². The van der Waals surface area contributed by atoms with Gasteiger partial charge in [-0.25, -0.2) is 12.8 Å². The Hall–Kier alpha value is -2.16. The Balaban J connectivity index is 1.63. The highest BCUT2D eigenvalue weighted by Crippen LogP contribution is 2.21. The molecule has 0 aliphatic carbocycles. The fourth-order valence-electron chi connectivity index (χ4n) is 3.24. The maximum absolute atomic E-state index is 13.9. The number of halogens is 2. The normalized spacial score (nSPS) is 15.0. The number of hydrogen-bond acceptors (Lipinski definition) is 4. The average Bonchev–Trinajstić information content (AvgIpc) is 2.68. The molecule has 3 rings (SSSR count). The molecule has 156 valence electrons. The standard InChI is InChI=1S/C20H23ClFN3O3S/c1-29(27,28)25(14-16-5-2-3-8-19(16)22)15-20(26)24-11-9-23(10-12-24)18-7-4-6-17(21)13-18/h2-8,13H,9-12,14-15H2,1H3. The van der Waals surface area contributed by atoms with Crippen LogP contribution in [0.15, 0.2) is 48.5 Å². The largest absolute Gasteiger partial charge is 0.368 e. The number of anilines is 1. The molecule has 0 N–H and O–H groups in total. The number of carbonyl (C=O) groups is 1. The zero-order valence-electron chi connectivity index (χ0n) is 16.1. The molecule has 6 nitrogen and oxygen atoms in total. The predicted molar refractivity (Wildman–Crippen MR) is 112 cm³/mol. The van der Waals surface area contributed by atoms with Crippen LogP contribution in [-0.2, 0) is 21.4 Å². The summed E-state index contributed by atoms with van der Waals surface area (Å²) in [5, 5.41) is 0.651. The number of carbonyl (C=O) groups excluding carboxylic acids is 1. The summed E-state index contributed by atoms with van der Waals surface area (Å²) in [6.07, 6.45) is 1.03. The van der Waals surface area contributed by atoms with Crippen LogP contribution in [0.4, 0.5) is 10.1 Å². The first kappa shape index (κ1) is 21.5. The minimum absolute atomic E-state index is 0.181. The minimum atomic E-state index is -3.68. The molecule has 0 saturated carbocycles. The van der Waals surface area contributed by atoms with E-state index in [1.807, 2.05) is 18.2 Å². The van der Waals surface area contributed by atoms with Crippen molar-refractivity contribution in [2.24, 2.45) is 0 Å². The van der Waals surface area contributed by atoms with E-state index in [1.54, 1.807) is 17.0 Å². The molecular formula is C20H23ClFN3O3S. The molecule has 0 unspecified atom stereocenters. The molecule has 1 heterocycles. The Kier molecular flexibility index (Phi) is 6.77. The quantitative estimate of drug-likeness (QED) is 0.694. The third-order valence-electron chi connectivity index (χ3n) is 4.89. The van der Waals surface area contributed by atoms with Gasteiger partial charge in [0.2, 0.25) is 15.9 Å². The lowest BCUT2D eigenvalue weighted by Gasteiger charge is -2.37. The smallest absolute Gasteiger partial charge is 0.238 e. The van der Waals surface area contributed by atoms with Crippen molar-refractivity contribution in [1.29, 1.82) is 0 Å². The number of benzene rings is 2. The van der Waals surface area contributed by atoms with E-state index in [1.165, 1.54) is 18.2 Å². The van der Waals surface area contributed by atoms with Crippen LogP contribution < -0.4 is 4.90 Å². The summed E-state index contributed by atoms with van der Waals surface area (Å²) in [5.74, 6) is -0.791. The molecule has 0 atom stereocenters. The van der Waals surface area contributed by atoms with E-state index in [0.717, 1.165) is 16.2 Å². The lowest BCUT2D eigenvalue weighted by atomic mass is 10.2. The lowest BCUT2D eigenvalue weighted by Crippen LogP contribution is -2.51. The summed E-state index contributed by atoms with van der Waals surface area (Å²) in [4.78, 5) is 16.5. The van der Waals surface area contributed by atoms with Gasteiger partial charge in [0.25, 0.3) is 0 Å². The molecular weight excluding hydrogens is 417 g/mol. The average molecular weight is 440 g/mol. The van der Waals surface area contributed by atoms with E-state index in [9.17, 15) is 17.6 Å². The highest BCUT2D eigenvalue weighted by Gasteiger charge is 2.27. The molecule has 29 heavy (non-hydrogen) atoms. The molecule has 1 aliphatic heterocycles. The van der Waals surface area contributed by atoms with E-state index in [-0.39, 0.29) is 24.6 Å². The molecule has 0 spiro atoms. The van der Waals surface area contributed by atoms with Gasteiger partial charge >= 0.3 is 0 Å². The molecule has 2 aromatic carbocycles. The van der Waals surface area contributed by atoms with Crippen LogP contribution in [0.1, 0.15) is 5.56 Å². The van der Waals surface area contributed by atoms with E-state index >= 15 is 0 Å². The second kappa shape index (κ2) is 9.11. The second-order valence-corrected chi connectivity index (χ2v) is 9.39. The number of piperazine rings is 1. The Bertz CT molecular complexity index is 978. The Morgan fingerprint density at radius 2 is 1.79 bits per heavy atom. The molecule has 0 aromatic heterocycles. The molecule has 0 bridgehead atoms. The highest BCUT2D eigenvalue weighted by atomic mass is 35.5. The third kappa shape index (κ3) is 5.68. The van der Waals surface area contributed by atoms with Crippen molar-refractivity contribution in [3.05, 3.63) is 64.9 Å². The van der Waals surface area contributed by atoms with Gasteiger partial charge in [-0.1, -0.05) is 35.9 Å². The molecule has 1 aliphatic rings. The number of rotatable bonds is 6. The van der Waals surface area contributed by atoms with Gasteiger partial charge in [0, 0.05) is 49.0 Å². The maximum atomic E-state index is 13.9. The van der Waals surface area contributed by atoms with Crippen LogP contribution in [-0.4, -0.2) is 62.5 Å². The molecule has 1 amide bonds. The van der Waals surface area contributed by atoms with Gasteiger partial charge in [0.05, 0.1) is 12.8 Å². The first-order valence-electron chi connectivity index (χ1n) is 9.21. The Morgan fingerprint density at radius 3 is 2.41 bits per heavy atom. The van der Waals surface area contributed by atoms with Crippen molar-refractivity contribution in [2.75, 3.05) is 43.9 Å². The molecule has 2 aromatic rings. The van der Waals surface area contributed by atoms with Crippen LogP contribution in [0.3, 0.4) is 0 Å². The van der Waals surface area contributed by atoms with Gasteiger partial charge < -0.3 is 9.80 Å². The van der Waals surface area contributed by atoms with Crippen LogP contribution in [0.25, 0.3) is 0 Å². The topological polar surface area (TPSA) is 60.9 Å². The Morgan fingerprint density at radius 1 is 1.10 bits per heavy atom. The van der Waals surface area contributed by atoms with Gasteiger partial charge in [0.1, 0.15) is 5.82 Å². The zero-order chi connectivity index (χ0) is 21.0. The Labute approximate surface area is 175 Å². The van der Waals surface area contributed by atoms with Crippen LogP contribution >= 0.6 is 11.6 Å². The van der Waals surface area contributed by atoms with E-state index in [4.69, 9.17) is 11.6 Å². The highest BCUT2D eigenvalue weighted by molar-refractivity contribution is 7.88. The SMILES string of the molecule is CS(=O)(=O)N(CC(=O)N1CCN(c2cccc(Cl)c2)CC1)Cc1ccccc1F. The van der Waals surface area contributed by atoms with Crippen molar-refractivity contribution < 1.29 is 17.6 Å². The number of nitrogens with zero attached hydrogens (tertiary/aromatic N) is 3. The van der Waals surface area contributed by atoms with Crippen molar-refractivity contribution >= 4 is 33.2 Å². The van der Waals surface area contributed by atoms with Crippen molar-refractivity contribution in [2.45, 2.75) is 6.54 Å². The summed E-state index contributed by atoms with van der Waals surface area (Å²) in [6, 6.07) is 13.5. The fourth-order valence-corrected chi connectivity index (χ4v) is 4.15. The van der Waals surface area contributed by atoms with Gasteiger partial charge in [-0.2, -0.15) is 4.31 Å². The second-order valence-electron chi connectivity index (χ2n) is 6.97. The van der Waals surface area contributed by atoms with Crippen LogP contribution in [0.2, 0.25) is 5.02 Å². The number of sulfonamides is 1. The summed E-state index contributed by atoms with van der Waals surface area (Å²) in [6.45, 7) is 1.70. The summed E-state index contributed by atoms with van der Waals surface area (Å²) >= 11 is 6.04. The molecule has 1 fully saturated rings. The summed E-state index contributed by atoms with van der Waals surface area (Å²) in [7, 11) is -3.68. The van der Waals surface area contributed by atoms with Gasteiger partial charge in [-0.3, -0.25) is 4.79 Å². The number of amides is 1. The lowest BCUT2D eigenvalue weighted by molar-refractivity contribution is -0.131. The third-order valence-corrected chi connectivity index (χ3v) is 6.32. The van der Waals surface area contributed by atoms with Gasteiger partial charge in [-0.15, -0.1) is 0 Å². The predicted octanol–water partition coefficient (Wildman–Crippen LogP) is 2.59. The molecule has 1 saturated heterocycles. The van der Waals surface area contributed by atoms with E-state index in [2.05, 4.69) is 4.90 Å². The summed E-state index contributed by atoms with van der Waals surface area (Å²) < 4.78 is 39.2. The summed E-state index contributed by atoms with van der Waals surface area (Å²) in [5.41, 5.74) is 1.22.